The largest absolute Gasteiger partial charge is 0.506 e. The summed E-state index contributed by atoms with van der Waals surface area (Å²) in [6.45, 7) is -1.42. The summed E-state index contributed by atoms with van der Waals surface area (Å²) in [6, 6.07) is 3.91. The van der Waals surface area contributed by atoms with E-state index in [0.29, 0.717) is 0 Å². The monoisotopic (exact) mass is 271 g/mol. The molecule has 0 radical (unpaired) electrons. The van der Waals surface area contributed by atoms with Gasteiger partial charge in [0.1, 0.15) is 17.4 Å². The van der Waals surface area contributed by atoms with Crippen LogP contribution in [0, 0.1) is 11.3 Å². The molecule has 0 amide bonds. The number of aromatic hydroxyl groups is 1. The van der Waals surface area contributed by atoms with E-state index in [-0.39, 0.29) is 18.6 Å². The van der Waals surface area contributed by atoms with Crippen LogP contribution >= 0.6 is 0 Å². The number of ether oxygens (including phenoxy) is 2. The molecule has 0 unspecified atom stereocenters. The normalized spacial score (nSPS) is 10.1. The van der Waals surface area contributed by atoms with Crippen LogP contribution in [0.3, 0.4) is 0 Å². The highest BCUT2D eigenvalue weighted by molar-refractivity contribution is 5.74. The first-order chi connectivity index (χ1) is 8.99. The van der Waals surface area contributed by atoms with Gasteiger partial charge in [0, 0.05) is 5.56 Å². The molecule has 102 valence electrons. The number of phenolic OH excluding ortho intramolecular Hbond substituents is 1. The van der Waals surface area contributed by atoms with Crippen molar-refractivity contribution >= 4 is 5.97 Å². The van der Waals surface area contributed by atoms with Crippen molar-refractivity contribution in [3.63, 3.8) is 0 Å². The van der Waals surface area contributed by atoms with Gasteiger partial charge in [-0.15, -0.1) is 0 Å². The zero-order chi connectivity index (χ0) is 14.4. The third-order valence-electron chi connectivity index (χ3n) is 2.18. The second-order valence-electron chi connectivity index (χ2n) is 3.42. The van der Waals surface area contributed by atoms with E-state index in [2.05, 4.69) is 9.47 Å². The quantitative estimate of drug-likeness (QED) is 0.828. The fourth-order valence-corrected chi connectivity index (χ4v) is 1.45. The number of carbonyl (C=O) groups is 1. The Balaban J connectivity index is 3.16. The Morgan fingerprint density at radius 3 is 2.74 bits per heavy atom. The van der Waals surface area contributed by atoms with Gasteiger partial charge < -0.3 is 14.6 Å². The lowest BCUT2D eigenvalue weighted by Gasteiger charge is -2.12. The number of esters is 1. The molecule has 5 nitrogen and oxygen atoms in total. The number of nitrogens with zero attached hydrogens (tertiary/aromatic N) is 1. The topological polar surface area (TPSA) is 79.5 Å². The van der Waals surface area contributed by atoms with E-state index in [0.717, 1.165) is 6.07 Å². The van der Waals surface area contributed by atoms with Crippen LogP contribution < -0.4 is 4.74 Å². The van der Waals surface area contributed by atoms with Crippen LogP contribution in [0.1, 0.15) is 18.1 Å². The number of alkyl halides is 2. The van der Waals surface area contributed by atoms with E-state index in [1.54, 1.807) is 13.0 Å². The number of carbonyl (C=O) groups excluding carboxylic acids is 1. The van der Waals surface area contributed by atoms with E-state index >= 15 is 0 Å². The molecule has 0 spiro atoms. The highest BCUT2D eigenvalue weighted by Crippen LogP contribution is 2.32. The van der Waals surface area contributed by atoms with Crippen LogP contribution in [0.5, 0.6) is 11.5 Å². The first-order valence-corrected chi connectivity index (χ1v) is 5.35. The molecule has 0 aliphatic carbocycles. The van der Waals surface area contributed by atoms with Crippen molar-refractivity contribution in [3.8, 4) is 17.6 Å². The molecular formula is C12H11F2NO4. The van der Waals surface area contributed by atoms with Crippen molar-refractivity contribution in [2.75, 3.05) is 6.61 Å². The summed E-state index contributed by atoms with van der Waals surface area (Å²) in [6.07, 6.45) is -0.329. The number of hydrogen-bond donors (Lipinski definition) is 1. The second-order valence-corrected chi connectivity index (χ2v) is 3.42. The number of halogens is 2. The predicted molar refractivity (Wildman–Crippen MR) is 59.8 cm³/mol. The second kappa shape index (κ2) is 6.54. The molecule has 7 heteroatoms. The minimum atomic E-state index is -3.17. The Morgan fingerprint density at radius 1 is 1.53 bits per heavy atom. The Morgan fingerprint density at radius 2 is 2.21 bits per heavy atom. The third kappa shape index (κ3) is 3.81. The summed E-state index contributed by atoms with van der Waals surface area (Å²) < 4.78 is 33.5. The van der Waals surface area contributed by atoms with Crippen molar-refractivity contribution in [1.29, 1.82) is 5.26 Å². The zero-order valence-electron chi connectivity index (χ0n) is 10.0. The molecule has 0 heterocycles. The van der Waals surface area contributed by atoms with E-state index in [1.165, 1.54) is 6.07 Å². The third-order valence-corrected chi connectivity index (χ3v) is 2.18. The summed E-state index contributed by atoms with van der Waals surface area (Å²) in [5, 5.41) is 18.2. The molecule has 1 aromatic carbocycles. The molecule has 0 aliphatic rings. The predicted octanol–water partition coefficient (Wildman–Crippen LogP) is 1.97. The molecular weight excluding hydrogens is 260 g/mol. The van der Waals surface area contributed by atoms with E-state index < -0.39 is 29.6 Å². The van der Waals surface area contributed by atoms with Crippen molar-refractivity contribution in [1.82, 2.24) is 0 Å². The van der Waals surface area contributed by atoms with Crippen molar-refractivity contribution in [2.24, 2.45) is 0 Å². The number of nitriles is 1. The molecule has 1 aromatic rings. The molecule has 0 aliphatic heterocycles. The Hall–Kier alpha value is -2.36. The smallest absolute Gasteiger partial charge is 0.387 e. The van der Waals surface area contributed by atoms with Gasteiger partial charge in [-0.2, -0.15) is 14.0 Å². The van der Waals surface area contributed by atoms with E-state index in [1.807, 2.05) is 0 Å². The molecule has 0 fully saturated rings. The number of hydrogen-bond acceptors (Lipinski definition) is 5. The summed E-state index contributed by atoms with van der Waals surface area (Å²) in [5.41, 5.74) is -0.393. The number of rotatable bonds is 5. The molecule has 0 saturated carbocycles. The van der Waals surface area contributed by atoms with Gasteiger partial charge in [0.15, 0.2) is 5.75 Å². The highest BCUT2D eigenvalue weighted by atomic mass is 19.3. The van der Waals surface area contributed by atoms with Gasteiger partial charge in [0.2, 0.25) is 0 Å². The minimum Gasteiger partial charge on any atom is -0.506 e. The standard InChI is InChI=1S/C12H11F2NO4/c1-2-18-10(17)5-7-3-4-9(16)8(6-15)11(7)19-12(13)14/h3-4,12,16H,2,5H2,1H3. The zero-order valence-corrected chi connectivity index (χ0v) is 10.0. The maximum Gasteiger partial charge on any atom is 0.387 e. The van der Waals surface area contributed by atoms with Gasteiger partial charge in [0.05, 0.1) is 13.0 Å². The Bertz CT molecular complexity index is 511. The summed E-state index contributed by atoms with van der Waals surface area (Å²) in [7, 11) is 0. The average Bonchev–Trinajstić information content (AvgIpc) is 2.33. The van der Waals surface area contributed by atoms with Crippen LogP contribution in [0.4, 0.5) is 8.78 Å². The van der Waals surface area contributed by atoms with Gasteiger partial charge in [-0.3, -0.25) is 4.79 Å². The van der Waals surface area contributed by atoms with E-state index in [4.69, 9.17) is 5.26 Å². The average molecular weight is 271 g/mol. The van der Waals surface area contributed by atoms with Gasteiger partial charge >= 0.3 is 12.6 Å². The lowest BCUT2D eigenvalue weighted by atomic mass is 10.1. The molecule has 0 atom stereocenters. The molecule has 19 heavy (non-hydrogen) atoms. The molecule has 0 saturated heterocycles. The molecule has 0 bridgehead atoms. The van der Waals surface area contributed by atoms with Gasteiger partial charge in [0.25, 0.3) is 0 Å². The fraction of sp³-hybridized carbons (Fsp3) is 0.333. The summed E-state index contributed by atoms with van der Waals surface area (Å²) in [5.74, 6) is -1.65. The van der Waals surface area contributed by atoms with Gasteiger partial charge in [-0.1, -0.05) is 6.07 Å². The van der Waals surface area contributed by atoms with Crippen molar-refractivity contribution in [3.05, 3.63) is 23.3 Å². The van der Waals surface area contributed by atoms with E-state index in [9.17, 15) is 18.7 Å². The molecule has 1 rings (SSSR count). The van der Waals surface area contributed by atoms with Crippen molar-refractivity contribution < 1.29 is 28.2 Å². The summed E-state index contributed by atoms with van der Waals surface area (Å²) in [4.78, 5) is 11.3. The first kappa shape index (κ1) is 14.7. The maximum atomic E-state index is 12.3. The summed E-state index contributed by atoms with van der Waals surface area (Å²) >= 11 is 0. The van der Waals surface area contributed by atoms with Crippen LogP contribution in [0.15, 0.2) is 12.1 Å². The highest BCUT2D eigenvalue weighted by Gasteiger charge is 2.20. The minimum absolute atomic E-state index is 0.0492. The number of phenols is 1. The maximum absolute atomic E-state index is 12.3. The fourth-order valence-electron chi connectivity index (χ4n) is 1.45. The molecule has 1 N–H and O–H groups in total. The Labute approximate surface area is 108 Å². The van der Waals surface area contributed by atoms with Crippen LogP contribution in [0.25, 0.3) is 0 Å². The van der Waals surface area contributed by atoms with Gasteiger partial charge in [-0.05, 0) is 13.0 Å². The lowest BCUT2D eigenvalue weighted by Crippen LogP contribution is -2.11. The number of benzene rings is 1. The first-order valence-electron chi connectivity index (χ1n) is 5.35. The van der Waals surface area contributed by atoms with Gasteiger partial charge in [-0.25, -0.2) is 0 Å². The van der Waals surface area contributed by atoms with Crippen LogP contribution in [-0.2, 0) is 16.0 Å². The Kier molecular flexibility index (Phi) is 5.06. The lowest BCUT2D eigenvalue weighted by molar-refractivity contribution is -0.142. The molecule has 0 aromatic heterocycles. The van der Waals surface area contributed by atoms with Crippen LogP contribution in [-0.4, -0.2) is 24.3 Å². The van der Waals surface area contributed by atoms with Crippen molar-refractivity contribution in [2.45, 2.75) is 20.0 Å². The van der Waals surface area contributed by atoms with Crippen LogP contribution in [0.2, 0.25) is 0 Å². The SMILES string of the molecule is CCOC(=O)Cc1ccc(O)c(C#N)c1OC(F)F.